The molecular formula is C16H32O3. The van der Waals surface area contributed by atoms with Crippen LogP contribution in [-0.2, 0) is 14.2 Å². The molecule has 0 aliphatic carbocycles. The Kier molecular flexibility index (Phi) is 13.8. The van der Waals surface area contributed by atoms with Gasteiger partial charge in [0, 0.05) is 26.2 Å². The number of hydrogen-bond acceptors (Lipinski definition) is 3. The fourth-order valence-electron chi connectivity index (χ4n) is 1.92. The molecule has 1 atom stereocenters. The Hall–Kier alpha value is -0.380. The topological polar surface area (TPSA) is 27.7 Å². The van der Waals surface area contributed by atoms with Crippen molar-refractivity contribution in [3.8, 4) is 0 Å². The van der Waals surface area contributed by atoms with Crippen molar-refractivity contribution in [2.75, 3.05) is 19.8 Å². The summed E-state index contributed by atoms with van der Waals surface area (Å²) in [6.07, 6.45) is 10.0. The predicted molar refractivity (Wildman–Crippen MR) is 80.4 cm³/mol. The molecule has 0 aromatic heterocycles. The fraction of sp³-hybridized carbons (Fsp3) is 0.875. The van der Waals surface area contributed by atoms with E-state index in [9.17, 15) is 0 Å². The first-order valence-electron chi connectivity index (χ1n) is 7.79. The molecule has 0 bridgehead atoms. The average Bonchev–Trinajstić information content (AvgIpc) is 2.39. The maximum absolute atomic E-state index is 5.72. The van der Waals surface area contributed by atoms with Crippen molar-refractivity contribution in [2.24, 2.45) is 0 Å². The normalized spacial score (nSPS) is 13.5. The third kappa shape index (κ3) is 11.2. The largest absolute Gasteiger partial charge is 0.374 e. The first-order chi connectivity index (χ1) is 9.28. The maximum Gasteiger partial charge on any atom is 0.160 e. The third-order valence-electron chi connectivity index (χ3n) is 2.84. The van der Waals surface area contributed by atoms with Crippen molar-refractivity contribution in [1.82, 2.24) is 0 Å². The average molecular weight is 272 g/mol. The lowest BCUT2D eigenvalue weighted by atomic mass is 10.1. The van der Waals surface area contributed by atoms with Crippen LogP contribution in [0.4, 0.5) is 0 Å². The van der Waals surface area contributed by atoms with Crippen LogP contribution in [0.3, 0.4) is 0 Å². The van der Waals surface area contributed by atoms with Gasteiger partial charge in [-0.3, -0.25) is 0 Å². The van der Waals surface area contributed by atoms with Gasteiger partial charge in [-0.25, -0.2) is 0 Å². The summed E-state index contributed by atoms with van der Waals surface area (Å²) in [4.78, 5) is 0. The molecule has 3 heteroatoms. The Morgan fingerprint density at radius 1 is 0.842 bits per heavy atom. The molecule has 0 spiro atoms. The van der Waals surface area contributed by atoms with E-state index in [1.165, 1.54) is 19.3 Å². The first-order valence-corrected chi connectivity index (χ1v) is 7.79. The summed E-state index contributed by atoms with van der Waals surface area (Å²) >= 11 is 0. The summed E-state index contributed by atoms with van der Waals surface area (Å²) in [7, 11) is 0. The van der Waals surface area contributed by atoms with E-state index in [0.717, 1.165) is 19.4 Å². The molecule has 0 aromatic carbocycles. The van der Waals surface area contributed by atoms with Crippen molar-refractivity contribution >= 4 is 0 Å². The minimum absolute atomic E-state index is 0.0923. The Bertz CT molecular complexity index is 198. The summed E-state index contributed by atoms with van der Waals surface area (Å²) in [5.41, 5.74) is 0. The highest BCUT2D eigenvalue weighted by atomic mass is 16.7. The molecule has 0 saturated carbocycles. The molecule has 114 valence electrons. The van der Waals surface area contributed by atoms with Crippen molar-refractivity contribution in [3.05, 3.63) is 12.2 Å². The van der Waals surface area contributed by atoms with E-state index in [1.54, 1.807) is 0 Å². The van der Waals surface area contributed by atoms with Crippen LogP contribution in [0.1, 0.15) is 59.8 Å². The van der Waals surface area contributed by atoms with E-state index >= 15 is 0 Å². The van der Waals surface area contributed by atoms with Gasteiger partial charge in [0.2, 0.25) is 0 Å². The van der Waals surface area contributed by atoms with Crippen molar-refractivity contribution in [3.63, 3.8) is 0 Å². The van der Waals surface area contributed by atoms with E-state index in [4.69, 9.17) is 14.2 Å². The van der Waals surface area contributed by atoms with Crippen LogP contribution in [0, 0.1) is 0 Å². The molecule has 0 aliphatic heterocycles. The van der Waals surface area contributed by atoms with Gasteiger partial charge in [0.25, 0.3) is 0 Å². The van der Waals surface area contributed by atoms with E-state index in [-0.39, 0.29) is 12.4 Å². The van der Waals surface area contributed by atoms with Crippen molar-refractivity contribution < 1.29 is 14.2 Å². The second-order valence-corrected chi connectivity index (χ2v) is 4.49. The zero-order valence-corrected chi connectivity index (χ0v) is 13.2. The van der Waals surface area contributed by atoms with Crippen molar-refractivity contribution in [2.45, 2.75) is 72.2 Å². The van der Waals surface area contributed by atoms with Gasteiger partial charge in [-0.2, -0.15) is 0 Å². The van der Waals surface area contributed by atoms with Gasteiger partial charge >= 0.3 is 0 Å². The van der Waals surface area contributed by atoms with Crippen molar-refractivity contribution in [1.29, 1.82) is 0 Å². The Labute approximate surface area is 119 Å². The van der Waals surface area contributed by atoms with Crippen LogP contribution in [-0.4, -0.2) is 32.2 Å². The van der Waals surface area contributed by atoms with Crippen LogP contribution in [0.25, 0.3) is 0 Å². The third-order valence-corrected chi connectivity index (χ3v) is 2.84. The van der Waals surface area contributed by atoms with Gasteiger partial charge < -0.3 is 14.2 Å². The van der Waals surface area contributed by atoms with Gasteiger partial charge in [0.05, 0.1) is 6.10 Å². The number of unbranched alkanes of at least 4 members (excludes halogenated alkanes) is 3. The monoisotopic (exact) mass is 272 g/mol. The highest BCUT2D eigenvalue weighted by molar-refractivity contribution is 4.90. The predicted octanol–water partition coefficient (Wildman–Crippen LogP) is 4.32. The minimum Gasteiger partial charge on any atom is -0.374 e. The lowest BCUT2D eigenvalue weighted by Gasteiger charge is -2.21. The smallest absolute Gasteiger partial charge is 0.160 e. The van der Waals surface area contributed by atoms with Gasteiger partial charge in [0.15, 0.2) is 6.29 Å². The molecule has 0 N–H and O–H groups in total. The highest BCUT2D eigenvalue weighted by Crippen LogP contribution is 2.11. The molecule has 19 heavy (non-hydrogen) atoms. The molecule has 0 amide bonds. The van der Waals surface area contributed by atoms with Gasteiger partial charge in [-0.05, 0) is 33.6 Å². The summed E-state index contributed by atoms with van der Waals surface area (Å²) in [5.74, 6) is 0. The van der Waals surface area contributed by atoms with E-state index in [0.29, 0.717) is 13.2 Å². The van der Waals surface area contributed by atoms with Crippen LogP contribution in [0.5, 0.6) is 0 Å². The standard InChI is InChI=1S/C16H32O3/c1-5-9-10-11-12-13-15(17-6-2)14-16(18-7-3)19-8-4/h12-13,15-16H,5-11,14H2,1-4H3/b13-12+/t15-/m0/s1. The SMILES string of the molecule is CCCCC/C=C/[C@@H](CC(OCC)OCC)OCC. The molecule has 3 nitrogen and oxygen atoms in total. The summed E-state index contributed by atoms with van der Waals surface area (Å²) in [5, 5.41) is 0. The Morgan fingerprint density at radius 2 is 1.47 bits per heavy atom. The molecule has 0 heterocycles. The quantitative estimate of drug-likeness (QED) is 0.284. The molecule has 0 rings (SSSR count). The van der Waals surface area contributed by atoms with Gasteiger partial charge in [0.1, 0.15) is 0 Å². The zero-order valence-electron chi connectivity index (χ0n) is 13.2. The van der Waals surface area contributed by atoms with Crippen LogP contribution in [0.2, 0.25) is 0 Å². The van der Waals surface area contributed by atoms with Gasteiger partial charge in [-0.15, -0.1) is 0 Å². The molecule has 0 unspecified atom stereocenters. The van der Waals surface area contributed by atoms with Gasteiger partial charge in [-0.1, -0.05) is 31.9 Å². The number of ether oxygens (including phenoxy) is 3. The number of hydrogen-bond donors (Lipinski definition) is 0. The molecule has 0 fully saturated rings. The lowest BCUT2D eigenvalue weighted by Crippen LogP contribution is -2.24. The minimum atomic E-state index is -0.160. The lowest BCUT2D eigenvalue weighted by molar-refractivity contribution is -0.152. The van der Waals surface area contributed by atoms with E-state index < -0.39 is 0 Å². The maximum atomic E-state index is 5.72. The second kappa shape index (κ2) is 14.0. The highest BCUT2D eigenvalue weighted by Gasteiger charge is 2.14. The van der Waals surface area contributed by atoms with E-state index in [2.05, 4.69) is 19.1 Å². The fourth-order valence-corrected chi connectivity index (χ4v) is 1.92. The first kappa shape index (κ1) is 18.6. The van der Waals surface area contributed by atoms with E-state index in [1.807, 2.05) is 20.8 Å². The number of allylic oxidation sites excluding steroid dienone is 1. The molecular weight excluding hydrogens is 240 g/mol. The summed E-state index contributed by atoms with van der Waals surface area (Å²) < 4.78 is 16.9. The number of rotatable bonds is 13. The molecule has 0 radical (unpaired) electrons. The van der Waals surface area contributed by atoms with Crippen LogP contribution >= 0.6 is 0 Å². The Balaban J connectivity index is 4.12. The van der Waals surface area contributed by atoms with Crippen LogP contribution < -0.4 is 0 Å². The Morgan fingerprint density at radius 3 is 2.00 bits per heavy atom. The summed E-state index contributed by atoms with van der Waals surface area (Å²) in [6, 6.07) is 0. The second-order valence-electron chi connectivity index (χ2n) is 4.49. The van der Waals surface area contributed by atoms with Crippen LogP contribution in [0.15, 0.2) is 12.2 Å². The summed E-state index contributed by atoms with van der Waals surface area (Å²) in [6.45, 7) is 10.3. The molecule has 0 aliphatic rings. The molecule has 0 aromatic rings. The zero-order chi connectivity index (χ0) is 14.3. The molecule has 0 saturated heterocycles.